The zero-order valence-electron chi connectivity index (χ0n) is 11.6. The summed E-state index contributed by atoms with van der Waals surface area (Å²) >= 11 is 6.18. The van der Waals surface area contributed by atoms with Gasteiger partial charge in [-0.05, 0) is 30.7 Å². The van der Waals surface area contributed by atoms with Gasteiger partial charge < -0.3 is 9.84 Å². The van der Waals surface area contributed by atoms with Gasteiger partial charge in [-0.3, -0.25) is 4.98 Å². The second kappa shape index (κ2) is 6.20. The normalized spacial score (nSPS) is 11.1. The van der Waals surface area contributed by atoms with E-state index < -0.39 is 0 Å². The van der Waals surface area contributed by atoms with Gasteiger partial charge in [-0.25, -0.2) is 0 Å². The molecule has 0 amide bonds. The maximum Gasteiger partial charge on any atom is 0.227 e. The van der Waals surface area contributed by atoms with Gasteiger partial charge in [0.05, 0.1) is 5.52 Å². The third kappa shape index (κ3) is 3.20. The van der Waals surface area contributed by atoms with Gasteiger partial charge in [0.15, 0.2) is 5.82 Å². The molecule has 0 radical (unpaired) electrons. The average molecular weight is 303 g/mol. The van der Waals surface area contributed by atoms with Crippen LogP contribution in [0.1, 0.15) is 17.3 Å². The van der Waals surface area contributed by atoms with Crippen molar-refractivity contribution in [1.82, 2.24) is 20.4 Å². The molecule has 3 aromatic rings. The molecule has 1 N–H and O–H groups in total. The van der Waals surface area contributed by atoms with Crippen LogP contribution in [-0.2, 0) is 13.0 Å². The van der Waals surface area contributed by atoms with E-state index in [4.69, 9.17) is 16.1 Å². The average Bonchev–Trinajstić information content (AvgIpc) is 2.91. The Labute approximate surface area is 127 Å². The summed E-state index contributed by atoms with van der Waals surface area (Å²) in [4.78, 5) is 8.59. The number of rotatable bonds is 5. The van der Waals surface area contributed by atoms with Gasteiger partial charge in [0.1, 0.15) is 0 Å². The first-order valence-electron chi connectivity index (χ1n) is 6.76. The van der Waals surface area contributed by atoms with Crippen LogP contribution in [0.3, 0.4) is 0 Å². The van der Waals surface area contributed by atoms with Crippen molar-refractivity contribution in [1.29, 1.82) is 0 Å². The molecule has 0 aliphatic carbocycles. The van der Waals surface area contributed by atoms with Gasteiger partial charge in [0, 0.05) is 36.1 Å². The lowest BCUT2D eigenvalue weighted by Crippen LogP contribution is -2.17. The lowest BCUT2D eigenvalue weighted by atomic mass is 10.1. The molecule has 1 aromatic carbocycles. The first-order valence-corrected chi connectivity index (χ1v) is 7.14. The summed E-state index contributed by atoms with van der Waals surface area (Å²) in [7, 11) is 0. The van der Waals surface area contributed by atoms with Crippen molar-refractivity contribution < 1.29 is 4.52 Å². The highest BCUT2D eigenvalue weighted by atomic mass is 35.5. The Morgan fingerprint density at radius 1 is 1.29 bits per heavy atom. The van der Waals surface area contributed by atoms with E-state index in [0.29, 0.717) is 18.1 Å². The summed E-state index contributed by atoms with van der Waals surface area (Å²) in [5.41, 5.74) is 2.06. The third-order valence-corrected chi connectivity index (χ3v) is 3.53. The van der Waals surface area contributed by atoms with Crippen molar-refractivity contribution in [3.05, 3.63) is 52.8 Å². The van der Waals surface area contributed by atoms with Gasteiger partial charge in [-0.2, -0.15) is 4.98 Å². The van der Waals surface area contributed by atoms with E-state index in [9.17, 15) is 0 Å². The molecule has 2 aromatic heterocycles. The lowest BCUT2D eigenvalue weighted by Gasteiger charge is -2.08. The summed E-state index contributed by atoms with van der Waals surface area (Å²) in [6.45, 7) is 3.29. The molecule has 0 atom stereocenters. The highest BCUT2D eigenvalue weighted by Crippen LogP contribution is 2.24. The number of hydrogen-bond donors (Lipinski definition) is 1. The number of hydrogen-bond acceptors (Lipinski definition) is 5. The Morgan fingerprint density at radius 2 is 2.19 bits per heavy atom. The van der Waals surface area contributed by atoms with Crippen molar-refractivity contribution in [2.45, 2.75) is 19.9 Å². The largest absolute Gasteiger partial charge is 0.339 e. The molecule has 3 rings (SSSR count). The number of nitrogens with zero attached hydrogens (tertiary/aromatic N) is 3. The van der Waals surface area contributed by atoms with Crippen molar-refractivity contribution in [3.63, 3.8) is 0 Å². The molecule has 0 saturated heterocycles. The maximum absolute atomic E-state index is 6.18. The first kappa shape index (κ1) is 14.0. The third-order valence-electron chi connectivity index (χ3n) is 3.20. The van der Waals surface area contributed by atoms with Crippen LogP contribution in [0.15, 0.2) is 35.0 Å². The molecular weight excluding hydrogens is 288 g/mol. The number of fused-ring (bicyclic) bond motifs is 1. The Bertz CT molecular complexity index is 756. The molecule has 0 fully saturated rings. The van der Waals surface area contributed by atoms with Gasteiger partial charge in [0.25, 0.3) is 0 Å². The monoisotopic (exact) mass is 302 g/mol. The molecule has 0 unspecified atom stereocenters. The maximum atomic E-state index is 6.18. The lowest BCUT2D eigenvalue weighted by molar-refractivity contribution is 0.372. The van der Waals surface area contributed by atoms with Gasteiger partial charge >= 0.3 is 0 Å². The van der Waals surface area contributed by atoms with E-state index in [1.54, 1.807) is 6.20 Å². The molecule has 0 bridgehead atoms. The molecule has 108 valence electrons. The second-order valence-corrected chi connectivity index (χ2v) is 5.18. The van der Waals surface area contributed by atoms with Crippen LogP contribution in [0, 0.1) is 6.92 Å². The quantitative estimate of drug-likeness (QED) is 0.734. The predicted molar refractivity (Wildman–Crippen MR) is 81.2 cm³/mol. The fourth-order valence-electron chi connectivity index (χ4n) is 2.20. The number of aryl methyl sites for hydroxylation is 1. The first-order chi connectivity index (χ1) is 10.2. The Hall–Kier alpha value is -1.98. The molecular formula is C15H15ClN4O. The van der Waals surface area contributed by atoms with Crippen molar-refractivity contribution in [3.8, 4) is 0 Å². The van der Waals surface area contributed by atoms with Crippen molar-refractivity contribution >= 4 is 22.5 Å². The molecule has 0 saturated carbocycles. The Kier molecular flexibility index (Phi) is 4.13. The van der Waals surface area contributed by atoms with Crippen LogP contribution < -0.4 is 5.32 Å². The van der Waals surface area contributed by atoms with E-state index >= 15 is 0 Å². The molecule has 2 heterocycles. The Morgan fingerprint density at radius 3 is 3.00 bits per heavy atom. The van der Waals surface area contributed by atoms with Gasteiger partial charge in [-0.15, -0.1) is 0 Å². The minimum absolute atomic E-state index is 0.652. The summed E-state index contributed by atoms with van der Waals surface area (Å²) in [5.74, 6) is 1.32. The minimum atomic E-state index is 0.652. The van der Waals surface area contributed by atoms with E-state index in [2.05, 4.69) is 20.4 Å². The highest BCUT2D eigenvalue weighted by Gasteiger charge is 2.06. The summed E-state index contributed by atoms with van der Waals surface area (Å²) in [6.07, 6.45) is 2.49. The van der Waals surface area contributed by atoms with E-state index in [0.717, 1.165) is 34.6 Å². The molecule has 0 aliphatic rings. The second-order valence-electron chi connectivity index (χ2n) is 4.77. The summed E-state index contributed by atoms with van der Waals surface area (Å²) < 4.78 is 5.07. The van der Waals surface area contributed by atoms with Crippen LogP contribution in [-0.4, -0.2) is 21.7 Å². The smallest absolute Gasteiger partial charge is 0.227 e. The molecule has 21 heavy (non-hydrogen) atoms. The minimum Gasteiger partial charge on any atom is -0.339 e. The van der Waals surface area contributed by atoms with E-state index in [1.165, 1.54) is 0 Å². The zero-order valence-corrected chi connectivity index (χ0v) is 12.4. The molecule has 6 heteroatoms. The van der Waals surface area contributed by atoms with E-state index in [-0.39, 0.29) is 0 Å². The predicted octanol–water partition coefficient (Wildman–Crippen LogP) is 2.91. The van der Waals surface area contributed by atoms with Gasteiger partial charge in [-0.1, -0.05) is 22.8 Å². The van der Waals surface area contributed by atoms with Crippen LogP contribution in [0.2, 0.25) is 5.02 Å². The zero-order chi connectivity index (χ0) is 14.7. The molecule has 0 spiro atoms. The highest BCUT2D eigenvalue weighted by molar-refractivity contribution is 6.35. The summed E-state index contributed by atoms with van der Waals surface area (Å²) in [6, 6.07) is 7.78. The van der Waals surface area contributed by atoms with Gasteiger partial charge in [0.2, 0.25) is 5.89 Å². The fraction of sp³-hybridized carbons (Fsp3) is 0.267. The number of nitrogens with one attached hydrogen (secondary N) is 1. The Balaban J connectivity index is 1.64. The number of benzene rings is 1. The van der Waals surface area contributed by atoms with E-state index in [1.807, 2.05) is 31.2 Å². The van der Waals surface area contributed by atoms with Crippen LogP contribution in [0.5, 0.6) is 0 Å². The van der Waals surface area contributed by atoms with Crippen LogP contribution in [0.4, 0.5) is 0 Å². The topological polar surface area (TPSA) is 63.8 Å². The number of aromatic nitrogens is 3. The fourth-order valence-corrected chi connectivity index (χ4v) is 2.41. The van der Waals surface area contributed by atoms with Crippen LogP contribution in [0.25, 0.3) is 10.9 Å². The molecule has 5 nitrogen and oxygen atoms in total. The summed E-state index contributed by atoms with van der Waals surface area (Å²) in [5, 5.41) is 8.83. The van der Waals surface area contributed by atoms with Crippen molar-refractivity contribution in [2.24, 2.45) is 0 Å². The number of halogens is 1. The number of pyridine rings is 1. The van der Waals surface area contributed by atoms with Crippen LogP contribution >= 0.6 is 11.6 Å². The molecule has 0 aliphatic heterocycles. The standard InChI is InChI=1S/C15H15ClN4O/c1-10-19-14(21-20-10)6-8-17-9-11-4-5-13(16)12-3-2-7-18-15(11)12/h2-5,7,17H,6,8-9H2,1H3. The van der Waals surface area contributed by atoms with Crippen molar-refractivity contribution in [2.75, 3.05) is 6.54 Å². The SMILES string of the molecule is Cc1noc(CCNCc2ccc(Cl)c3cccnc23)n1.